The van der Waals surface area contributed by atoms with E-state index in [0.717, 1.165) is 0 Å². The SMILES string of the molecule is O=C(O)CNNS(=O)(=O)CCCl. The van der Waals surface area contributed by atoms with E-state index in [0.29, 0.717) is 0 Å². The number of hydrazine groups is 1. The van der Waals surface area contributed by atoms with Crippen molar-refractivity contribution in [2.24, 2.45) is 0 Å². The van der Waals surface area contributed by atoms with Gasteiger partial charge < -0.3 is 5.11 Å². The first-order valence-corrected chi connectivity index (χ1v) is 5.17. The van der Waals surface area contributed by atoms with Crippen LogP contribution in [0.4, 0.5) is 0 Å². The monoisotopic (exact) mass is 216 g/mol. The third-order valence-electron chi connectivity index (χ3n) is 0.813. The van der Waals surface area contributed by atoms with Gasteiger partial charge in [0.2, 0.25) is 10.0 Å². The van der Waals surface area contributed by atoms with E-state index in [1.54, 1.807) is 0 Å². The Morgan fingerprint density at radius 2 is 2.08 bits per heavy atom. The van der Waals surface area contributed by atoms with Gasteiger partial charge in [-0.3, -0.25) is 4.79 Å². The summed E-state index contributed by atoms with van der Waals surface area (Å²) in [4.78, 5) is 11.8. The molecule has 0 atom stereocenters. The highest BCUT2D eigenvalue weighted by Crippen LogP contribution is 1.83. The Balaban J connectivity index is 3.69. The maximum Gasteiger partial charge on any atom is 0.318 e. The molecule has 0 amide bonds. The van der Waals surface area contributed by atoms with E-state index in [1.807, 2.05) is 10.3 Å². The van der Waals surface area contributed by atoms with Crippen LogP contribution < -0.4 is 10.3 Å². The van der Waals surface area contributed by atoms with Gasteiger partial charge in [-0.15, -0.1) is 11.6 Å². The van der Waals surface area contributed by atoms with Crippen LogP contribution in [0.2, 0.25) is 0 Å². The third-order valence-corrected chi connectivity index (χ3v) is 2.42. The van der Waals surface area contributed by atoms with Gasteiger partial charge in [-0.05, 0) is 0 Å². The van der Waals surface area contributed by atoms with Crippen LogP contribution in [0.1, 0.15) is 0 Å². The lowest BCUT2D eigenvalue weighted by Crippen LogP contribution is -2.41. The number of sulfonamides is 1. The van der Waals surface area contributed by atoms with Gasteiger partial charge >= 0.3 is 5.97 Å². The van der Waals surface area contributed by atoms with Crippen LogP contribution in [0.15, 0.2) is 0 Å². The van der Waals surface area contributed by atoms with Gasteiger partial charge in [-0.2, -0.15) is 4.83 Å². The van der Waals surface area contributed by atoms with E-state index >= 15 is 0 Å². The van der Waals surface area contributed by atoms with Crippen molar-refractivity contribution in [2.45, 2.75) is 0 Å². The summed E-state index contributed by atoms with van der Waals surface area (Å²) in [6.45, 7) is -0.471. The number of carboxylic acid groups (broad SMARTS) is 1. The van der Waals surface area contributed by atoms with Crippen LogP contribution in [0.25, 0.3) is 0 Å². The van der Waals surface area contributed by atoms with E-state index < -0.39 is 22.5 Å². The van der Waals surface area contributed by atoms with E-state index in [4.69, 9.17) is 16.7 Å². The molecule has 6 nitrogen and oxygen atoms in total. The second kappa shape index (κ2) is 5.31. The minimum absolute atomic E-state index is 0.0376. The number of carboxylic acids is 1. The van der Waals surface area contributed by atoms with Crippen LogP contribution in [-0.2, 0) is 14.8 Å². The molecular weight excluding hydrogens is 208 g/mol. The first-order valence-electron chi connectivity index (χ1n) is 2.98. The number of hydrogen-bond acceptors (Lipinski definition) is 4. The lowest BCUT2D eigenvalue weighted by molar-refractivity contribution is -0.136. The maximum atomic E-state index is 10.8. The number of halogens is 1. The molecule has 0 aromatic heterocycles. The lowest BCUT2D eigenvalue weighted by atomic mass is 10.7. The Kier molecular flexibility index (Phi) is 5.14. The molecule has 0 unspecified atom stereocenters. The highest BCUT2D eigenvalue weighted by atomic mass is 35.5. The van der Waals surface area contributed by atoms with Gasteiger partial charge in [0.15, 0.2) is 0 Å². The van der Waals surface area contributed by atoms with Crippen LogP contribution in [0.5, 0.6) is 0 Å². The average Bonchev–Trinajstić information content (AvgIpc) is 1.85. The largest absolute Gasteiger partial charge is 0.480 e. The minimum atomic E-state index is -3.48. The van der Waals surface area contributed by atoms with Gasteiger partial charge in [-0.25, -0.2) is 13.8 Å². The molecule has 0 bridgehead atoms. The number of alkyl halides is 1. The molecule has 3 N–H and O–H groups in total. The van der Waals surface area contributed by atoms with Crippen LogP contribution in [0, 0.1) is 0 Å². The molecule has 0 aromatic rings. The maximum absolute atomic E-state index is 10.8. The molecule has 0 aromatic carbocycles. The third kappa shape index (κ3) is 6.35. The highest BCUT2D eigenvalue weighted by molar-refractivity contribution is 7.89. The molecular formula is C4H9ClN2O4S. The molecule has 0 aliphatic heterocycles. The van der Waals surface area contributed by atoms with Crippen molar-refractivity contribution >= 4 is 27.6 Å². The van der Waals surface area contributed by atoms with E-state index in [1.165, 1.54) is 0 Å². The second-order valence-electron chi connectivity index (χ2n) is 1.86. The summed E-state index contributed by atoms with van der Waals surface area (Å²) in [6.07, 6.45) is 0. The summed E-state index contributed by atoms with van der Waals surface area (Å²) >= 11 is 5.16. The number of nitrogens with one attached hydrogen (secondary N) is 2. The molecule has 0 fully saturated rings. The van der Waals surface area contributed by atoms with Crippen molar-refractivity contribution in [2.75, 3.05) is 18.2 Å². The summed E-state index contributed by atoms with van der Waals surface area (Å²) in [5, 5.41) is 8.12. The van der Waals surface area contributed by atoms with Crippen molar-refractivity contribution in [1.82, 2.24) is 10.3 Å². The molecule has 0 saturated carbocycles. The van der Waals surface area contributed by atoms with Gasteiger partial charge in [0, 0.05) is 5.88 Å². The fourth-order valence-electron chi connectivity index (χ4n) is 0.374. The molecule has 72 valence electrons. The number of hydrogen-bond donors (Lipinski definition) is 3. The van der Waals surface area contributed by atoms with Gasteiger partial charge in [0.1, 0.15) is 6.54 Å². The molecule has 0 rings (SSSR count). The predicted molar refractivity (Wildman–Crippen MR) is 43.3 cm³/mol. The standard InChI is InChI=1S/C4H9ClN2O4S/c5-1-2-12(10,11)7-6-3-4(8)9/h6-7H,1-3H2,(H,8,9). The second-order valence-corrected chi connectivity index (χ2v) is 4.08. The fraction of sp³-hybridized carbons (Fsp3) is 0.750. The zero-order valence-corrected chi connectivity index (χ0v) is 7.65. The van der Waals surface area contributed by atoms with Crippen molar-refractivity contribution in [1.29, 1.82) is 0 Å². The highest BCUT2D eigenvalue weighted by Gasteiger charge is 2.08. The van der Waals surface area contributed by atoms with Crippen molar-refractivity contribution in [3.05, 3.63) is 0 Å². The number of rotatable bonds is 6. The zero-order valence-electron chi connectivity index (χ0n) is 6.08. The van der Waals surface area contributed by atoms with Crippen LogP contribution in [-0.4, -0.2) is 37.7 Å². The summed E-state index contributed by atoms with van der Waals surface area (Å²) in [7, 11) is -3.48. The van der Waals surface area contributed by atoms with Crippen molar-refractivity contribution in [3.63, 3.8) is 0 Å². The topological polar surface area (TPSA) is 95.5 Å². The summed E-state index contributed by atoms with van der Waals surface area (Å²) in [5.74, 6) is -1.44. The van der Waals surface area contributed by atoms with Gasteiger partial charge in [0.05, 0.1) is 5.75 Å². The fourth-order valence-corrected chi connectivity index (χ4v) is 1.58. The van der Waals surface area contributed by atoms with E-state index in [9.17, 15) is 13.2 Å². The quantitative estimate of drug-likeness (QED) is 0.380. The summed E-state index contributed by atoms with van der Waals surface area (Å²) in [5.41, 5.74) is 2.01. The minimum Gasteiger partial charge on any atom is -0.480 e. The smallest absolute Gasteiger partial charge is 0.318 e. The molecule has 0 saturated heterocycles. The van der Waals surface area contributed by atoms with Gasteiger partial charge in [-0.1, -0.05) is 0 Å². The average molecular weight is 217 g/mol. The van der Waals surface area contributed by atoms with Crippen LogP contribution in [0.3, 0.4) is 0 Å². The van der Waals surface area contributed by atoms with Crippen molar-refractivity contribution < 1.29 is 18.3 Å². The lowest BCUT2D eigenvalue weighted by Gasteiger charge is -2.03. The number of carbonyl (C=O) groups is 1. The zero-order chi connectivity index (χ0) is 9.61. The molecule has 0 heterocycles. The van der Waals surface area contributed by atoms with Crippen molar-refractivity contribution in [3.8, 4) is 0 Å². The Labute approximate surface area is 74.9 Å². The van der Waals surface area contributed by atoms with Crippen LogP contribution >= 0.6 is 11.6 Å². The van der Waals surface area contributed by atoms with E-state index in [2.05, 4.69) is 0 Å². The molecule has 0 radical (unpaired) electrons. The molecule has 12 heavy (non-hydrogen) atoms. The Hall–Kier alpha value is -0.370. The van der Waals surface area contributed by atoms with E-state index in [-0.39, 0.29) is 11.6 Å². The Morgan fingerprint density at radius 1 is 1.50 bits per heavy atom. The molecule has 8 heteroatoms. The predicted octanol–water partition coefficient (Wildman–Crippen LogP) is -1.27. The molecule has 0 aliphatic rings. The first-order chi connectivity index (χ1) is 5.48. The normalized spacial score (nSPS) is 11.4. The Morgan fingerprint density at radius 3 is 2.50 bits per heavy atom. The summed E-state index contributed by atoms with van der Waals surface area (Å²) < 4.78 is 21.5. The molecule has 0 spiro atoms. The molecule has 0 aliphatic carbocycles. The van der Waals surface area contributed by atoms with Gasteiger partial charge in [0.25, 0.3) is 0 Å². The first kappa shape index (κ1) is 11.6. The Bertz CT molecular complexity index is 239. The summed E-state index contributed by atoms with van der Waals surface area (Å²) in [6, 6.07) is 0. The number of aliphatic carboxylic acids is 1.